The van der Waals surface area contributed by atoms with Crippen LogP contribution in [0, 0.1) is 0 Å². The average Bonchev–Trinajstić information content (AvgIpc) is 1.94. The molecule has 60 valence electrons. The summed E-state index contributed by atoms with van der Waals surface area (Å²) >= 11 is 0. The molecule has 5 heteroatoms. The summed E-state index contributed by atoms with van der Waals surface area (Å²) in [6.07, 6.45) is -0.290. The van der Waals surface area contributed by atoms with Gasteiger partial charge in [-0.05, 0) is 6.07 Å². The van der Waals surface area contributed by atoms with Crippen LogP contribution in [0.25, 0.3) is 0 Å². The summed E-state index contributed by atoms with van der Waals surface area (Å²) < 4.78 is 0. The molecule has 11 heavy (non-hydrogen) atoms. The maximum Gasteiger partial charge on any atom is 0.180 e. The Balaban J connectivity index is 3.05. The number of pyridine rings is 1. The molecule has 1 rings (SSSR count). The Hall–Kier alpha value is -1.33. The molecule has 0 radical (unpaired) electrons. The predicted molar refractivity (Wildman–Crippen MR) is 40.2 cm³/mol. The second-order valence-electron chi connectivity index (χ2n) is 2.12. The number of aliphatic hydroxyl groups is 2. The lowest BCUT2D eigenvalue weighted by atomic mass is 10.2. The van der Waals surface area contributed by atoms with Crippen LogP contribution in [0.15, 0.2) is 12.3 Å². The number of aromatic nitrogens is 1. The fourth-order valence-corrected chi connectivity index (χ4v) is 0.651. The Bertz CT molecular complexity index is 262. The van der Waals surface area contributed by atoms with E-state index in [0.29, 0.717) is 0 Å². The molecule has 1 aromatic rings. The predicted octanol–water partition coefficient (Wildman–Crippen LogP) is -0.771. The van der Waals surface area contributed by atoms with Crippen molar-refractivity contribution in [1.29, 1.82) is 0 Å². The van der Waals surface area contributed by atoms with Gasteiger partial charge in [-0.15, -0.1) is 0 Å². The zero-order valence-electron chi connectivity index (χ0n) is 5.73. The minimum atomic E-state index is -1.55. The molecule has 0 atom stereocenters. The summed E-state index contributed by atoms with van der Waals surface area (Å²) in [5.41, 5.74) is 11.1. The molecule has 0 bridgehead atoms. The van der Waals surface area contributed by atoms with E-state index in [9.17, 15) is 0 Å². The van der Waals surface area contributed by atoms with Crippen molar-refractivity contribution >= 4 is 11.5 Å². The first-order chi connectivity index (χ1) is 5.11. The molecule has 0 amide bonds. The molecule has 0 aromatic carbocycles. The van der Waals surface area contributed by atoms with Crippen LogP contribution >= 0.6 is 0 Å². The van der Waals surface area contributed by atoms with Gasteiger partial charge in [0.1, 0.15) is 5.82 Å². The van der Waals surface area contributed by atoms with Crippen molar-refractivity contribution in [2.75, 3.05) is 11.5 Å². The summed E-state index contributed by atoms with van der Waals surface area (Å²) in [5.74, 6) is 0.189. The normalized spacial score (nSPS) is 10.5. The number of hydrogen-bond acceptors (Lipinski definition) is 5. The van der Waals surface area contributed by atoms with Crippen LogP contribution in [-0.4, -0.2) is 15.2 Å². The molecule has 0 aliphatic carbocycles. The van der Waals surface area contributed by atoms with E-state index in [1.165, 1.54) is 12.3 Å². The average molecular weight is 155 g/mol. The molecule has 6 N–H and O–H groups in total. The van der Waals surface area contributed by atoms with Gasteiger partial charge in [-0.2, -0.15) is 0 Å². The lowest BCUT2D eigenvalue weighted by Crippen LogP contribution is -2.02. The molecular weight excluding hydrogens is 146 g/mol. The largest absolute Gasteiger partial charge is 0.396 e. The third-order valence-electron chi connectivity index (χ3n) is 1.27. The summed E-state index contributed by atoms with van der Waals surface area (Å²) in [5, 5.41) is 17.3. The zero-order valence-corrected chi connectivity index (χ0v) is 5.73. The van der Waals surface area contributed by atoms with Crippen molar-refractivity contribution in [3.05, 3.63) is 17.8 Å². The maximum atomic E-state index is 8.66. The van der Waals surface area contributed by atoms with E-state index in [4.69, 9.17) is 21.7 Å². The van der Waals surface area contributed by atoms with Crippen molar-refractivity contribution in [3.63, 3.8) is 0 Å². The Morgan fingerprint density at radius 1 is 1.36 bits per heavy atom. The van der Waals surface area contributed by atoms with Gasteiger partial charge in [0.25, 0.3) is 0 Å². The molecule has 0 aliphatic rings. The fraction of sp³-hybridized carbons (Fsp3) is 0.167. The van der Waals surface area contributed by atoms with Crippen LogP contribution in [0.3, 0.4) is 0 Å². The molecule has 0 fully saturated rings. The molecule has 0 unspecified atom stereocenters. The third kappa shape index (κ3) is 1.57. The standard InChI is InChI=1S/C6H9N3O2/c7-4-1-3(6(10)11)2-9-5(4)8/h1-2,6,10-11H,7H2,(H2,8,9). The number of nitrogens with two attached hydrogens (primary N) is 2. The second kappa shape index (κ2) is 2.73. The molecule has 1 heterocycles. The van der Waals surface area contributed by atoms with Crippen molar-refractivity contribution in [2.24, 2.45) is 0 Å². The van der Waals surface area contributed by atoms with Gasteiger partial charge >= 0.3 is 0 Å². The van der Waals surface area contributed by atoms with E-state index in [2.05, 4.69) is 4.98 Å². The van der Waals surface area contributed by atoms with Gasteiger partial charge < -0.3 is 21.7 Å². The van der Waals surface area contributed by atoms with Gasteiger partial charge in [-0.1, -0.05) is 0 Å². The third-order valence-corrected chi connectivity index (χ3v) is 1.27. The quantitative estimate of drug-likeness (QED) is 0.398. The highest BCUT2D eigenvalue weighted by Crippen LogP contribution is 2.16. The lowest BCUT2D eigenvalue weighted by Gasteiger charge is -2.04. The number of nitrogens with zero attached hydrogens (tertiary/aromatic N) is 1. The summed E-state index contributed by atoms with van der Waals surface area (Å²) in [7, 11) is 0. The zero-order chi connectivity index (χ0) is 8.43. The molecule has 5 nitrogen and oxygen atoms in total. The summed E-state index contributed by atoms with van der Waals surface area (Å²) in [6.45, 7) is 0. The van der Waals surface area contributed by atoms with Gasteiger partial charge in [0.05, 0.1) is 5.69 Å². The van der Waals surface area contributed by atoms with Crippen LogP contribution in [0.4, 0.5) is 11.5 Å². The monoisotopic (exact) mass is 155 g/mol. The summed E-state index contributed by atoms with van der Waals surface area (Å²) in [6, 6.07) is 1.37. The first-order valence-electron chi connectivity index (χ1n) is 2.98. The highest BCUT2D eigenvalue weighted by molar-refractivity contribution is 5.58. The van der Waals surface area contributed by atoms with E-state index in [1.807, 2.05) is 0 Å². The van der Waals surface area contributed by atoms with Gasteiger partial charge in [0.15, 0.2) is 6.29 Å². The van der Waals surface area contributed by atoms with E-state index < -0.39 is 6.29 Å². The molecule has 0 spiro atoms. The molecule has 0 aliphatic heterocycles. The molecule has 1 aromatic heterocycles. The number of aliphatic hydroxyl groups excluding tert-OH is 1. The van der Waals surface area contributed by atoms with E-state index in [1.54, 1.807) is 0 Å². The minimum absolute atomic E-state index is 0.189. The Labute approximate surface area is 63.3 Å². The first-order valence-corrected chi connectivity index (χ1v) is 2.98. The second-order valence-corrected chi connectivity index (χ2v) is 2.12. The molecule has 0 saturated heterocycles. The van der Waals surface area contributed by atoms with Crippen molar-refractivity contribution in [3.8, 4) is 0 Å². The molecular formula is C6H9N3O2. The number of rotatable bonds is 1. The van der Waals surface area contributed by atoms with Crippen LogP contribution in [0.5, 0.6) is 0 Å². The number of nitrogen functional groups attached to an aromatic ring is 2. The summed E-state index contributed by atoms with van der Waals surface area (Å²) in [4.78, 5) is 3.63. The first kappa shape index (κ1) is 7.77. The van der Waals surface area contributed by atoms with Crippen molar-refractivity contribution in [2.45, 2.75) is 6.29 Å². The maximum absolute atomic E-state index is 8.66. The van der Waals surface area contributed by atoms with E-state index in [0.717, 1.165) is 0 Å². The van der Waals surface area contributed by atoms with Crippen LogP contribution in [-0.2, 0) is 0 Å². The Kier molecular flexibility index (Phi) is 1.93. The fourth-order valence-electron chi connectivity index (χ4n) is 0.651. The molecule has 0 saturated carbocycles. The number of anilines is 2. The van der Waals surface area contributed by atoms with Crippen LogP contribution in [0.1, 0.15) is 11.9 Å². The van der Waals surface area contributed by atoms with Gasteiger partial charge in [0.2, 0.25) is 0 Å². The topological polar surface area (TPSA) is 105 Å². The lowest BCUT2D eigenvalue weighted by molar-refractivity contribution is -0.0426. The number of hydrogen-bond donors (Lipinski definition) is 4. The van der Waals surface area contributed by atoms with Crippen molar-refractivity contribution < 1.29 is 10.2 Å². The van der Waals surface area contributed by atoms with Crippen LogP contribution in [0.2, 0.25) is 0 Å². The Morgan fingerprint density at radius 3 is 2.45 bits per heavy atom. The SMILES string of the molecule is Nc1cc(C(O)O)cnc1N. The van der Waals surface area contributed by atoms with Crippen LogP contribution < -0.4 is 11.5 Å². The Morgan fingerprint density at radius 2 is 2.00 bits per heavy atom. The van der Waals surface area contributed by atoms with Gasteiger partial charge in [0, 0.05) is 11.8 Å². The van der Waals surface area contributed by atoms with Gasteiger partial charge in [-0.25, -0.2) is 4.98 Å². The van der Waals surface area contributed by atoms with Crippen molar-refractivity contribution in [1.82, 2.24) is 4.98 Å². The van der Waals surface area contributed by atoms with E-state index in [-0.39, 0.29) is 17.1 Å². The minimum Gasteiger partial charge on any atom is -0.396 e. The smallest absolute Gasteiger partial charge is 0.180 e. The highest BCUT2D eigenvalue weighted by atomic mass is 16.5. The van der Waals surface area contributed by atoms with E-state index >= 15 is 0 Å². The van der Waals surface area contributed by atoms with Gasteiger partial charge in [-0.3, -0.25) is 0 Å². The highest BCUT2D eigenvalue weighted by Gasteiger charge is 2.04.